The summed E-state index contributed by atoms with van der Waals surface area (Å²) in [4.78, 5) is 15.6. The highest BCUT2D eigenvalue weighted by molar-refractivity contribution is 7.89. The number of para-hydroxylation sites is 1. The van der Waals surface area contributed by atoms with Crippen LogP contribution in [0.4, 0.5) is 0 Å². The van der Waals surface area contributed by atoms with E-state index in [2.05, 4.69) is 15.5 Å². The van der Waals surface area contributed by atoms with Crippen LogP contribution >= 0.6 is 0 Å². The number of aromatic amines is 1. The number of hydrogen-bond donors (Lipinski definition) is 2. The van der Waals surface area contributed by atoms with Crippen LogP contribution in [0.25, 0.3) is 10.9 Å². The molecule has 0 aliphatic carbocycles. The molecule has 0 bridgehead atoms. The van der Waals surface area contributed by atoms with Gasteiger partial charge in [0.15, 0.2) is 0 Å². The van der Waals surface area contributed by atoms with Crippen LogP contribution in [0.5, 0.6) is 0 Å². The van der Waals surface area contributed by atoms with Crippen molar-refractivity contribution >= 4 is 33.0 Å². The van der Waals surface area contributed by atoms with Crippen LogP contribution in [0.2, 0.25) is 0 Å². The van der Waals surface area contributed by atoms with Gasteiger partial charge in [0.2, 0.25) is 10.0 Å². The SMILES string of the molecule is Cc1[nH]c2ccccc2c1/C=N/NC(=O)c1cccc(S(=O)(=O)N(C)C)c1. The molecular formula is C19H20N4O3S. The van der Waals surface area contributed by atoms with E-state index in [0.29, 0.717) is 0 Å². The van der Waals surface area contributed by atoms with Crippen LogP contribution in [-0.2, 0) is 10.0 Å². The second-order valence-electron chi connectivity index (χ2n) is 6.22. The average molecular weight is 384 g/mol. The van der Waals surface area contributed by atoms with Crippen molar-refractivity contribution in [3.05, 3.63) is 65.4 Å². The zero-order chi connectivity index (χ0) is 19.6. The summed E-state index contributed by atoms with van der Waals surface area (Å²) in [6.45, 7) is 1.93. The largest absolute Gasteiger partial charge is 0.358 e. The number of aryl methyl sites for hydroxylation is 1. The van der Waals surface area contributed by atoms with Crippen molar-refractivity contribution in [1.82, 2.24) is 14.7 Å². The molecule has 1 heterocycles. The first kappa shape index (κ1) is 18.8. The van der Waals surface area contributed by atoms with Crippen LogP contribution in [0.3, 0.4) is 0 Å². The summed E-state index contributed by atoms with van der Waals surface area (Å²) in [7, 11) is -0.727. The molecule has 1 amide bonds. The molecule has 0 aliphatic rings. The van der Waals surface area contributed by atoms with E-state index in [-0.39, 0.29) is 10.5 Å². The molecule has 0 unspecified atom stereocenters. The highest BCUT2D eigenvalue weighted by atomic mass is 32.2. The summed E-state index contributed by atoms with van der Waals surface area (Å²) < 4.78 is 25.5. The number of amides is 1. The van der Waals surface area contributed by atoms with Gasteiger partial charge in [0.05, 0.1) is 11.1 Å². The fraction of sp³-hybridized carbons (Fsp3) is 0.158. The molecule has 2 aromatic carbocycles. The number of hydrazone groups is 1. The van der Waals surface area contributed by atoms with Gasteiger partial charge in [0.1, 0.15) is 0 Å². The van der Waals surface area contributed by atoms with Crippen molar-refractivity contribution < 1.29 is 13.2 Å². The fourth-order valence-electron chi connectivity index (χ4n) is 2.69. The molecule has 0 atom stereocenters. The molecule has 0 aliphatic heterocycles. The van der Waals surface area contributed by atoms with Gasteiger partial charge in [0.25, 0.3) is 5.91 Å². The van der Waals surface area contributed by atoms with Gasteiger partial charge in [-0.2, -0.15) is 5.10 Å². The zero-order valence-corrected chi connectivity index (χ0v) is 16.0. The van der Waals surface area contributed by atoms with Crippen molar-refractivity contribution in [3.63, 3.8) is 0 Å². The number of nitrogens with zero attached hydrogens (tertiary/aromatic N) is 2. The van der Waals surface area contributed by atoms with Crippen LogP contribution < -0.4 is 5.43 Å². The van der Waals surface area contributed by atoms with E-state index in [1.54, 1.807) is 6.21 Å². The Kier molecular flexibility index (Phi) is 5.11. The Balaban J connectivity index is 1.80. The van der Waals surface area contributed by atoms with Crippen molar-refractivity contribution in [2.24, 2.45) is 5.10 Å². The number of hydrogen-bond acceptors (Lipinski definition) is 4. The summed E-state index contributed by atoms with van der Waals surface area (Å²) in [5, 5.41) is 5.03. The van der Waals surface area contributed by atoms with Gasteiger partial charge in [0, 0.05) is 41.8 Å². The topological polar surface area (TPSA) is 94.6 Å². The van der Waals surface area contributed by atoms with Crippen LogP contribution in [0.15, 0.2) is 58.5 Å². The third-order valence-electron chi connectivity index (χ3n) is 4.18. The molecule has 3 rings (SSSR count). The Bertz CT molecular complexity index is 1130. The van der Waals surface area contributed by atoms with Crippen molar-refractivity contribution in [3.8, 4) is 0 Å². The lowest BCUT2D eigenvalue weighted by Gasteiger charge is -2.11. The van der Waals surface area contributed by atoms with Gasteiger partial charge in [-0.15, -0.1) is 0 Å². The van der Waals surface area contributed by atoms with Crippen LogP contribution in [0.1, 0.15) is 21.6 Å². The molecular weight excluding hydrogens is 364 g/mol. The number of rotatable bonds is 5. The normalized spacial score (nSPS) is 12.1. The summed E-state index contributed by atoms with van der Waals surface area (Å²) in [6.07, 6.45) is 1.58. The van der Waals surface area contributed by atoms with Crippen molar-refractivity contribution in [2.75, 3.05) is 14.1 Å². The van der Waals surface area contributed by atoms with Gasteiger partial charge in [-0.3, -0.25) is 4.79 Å². The smallest absolute Gasteiger partial charge is 0.271 e. The molecule has 8 heteroatoms. The summed E-state index contributed by atoms with van der Waals surface area (Å²) in [6, 6.07) is 13.7. The Labute approximate surface area is 157 Å². The molecule has 7 nitrogen and oxygen atoms in total. The van der Waals surface area contributed by atoms with Crippen LogP contribution in [-0.4, -0.2) is 43.9 Å². The summed E-state index contributed by atoms with van der Waals surface area (Å²) in [5.41, 5.74) is 5.47. The predicted molar refractivity (Wildman–Crippen MR) is 105 cm³/mol. The first-order chi connectivity index (χ1) is 12.8. The molecule has 2 N–H and O–H groups in total. The molecule has 140 valence electrons. The number of carbonyl (C=O) groups excluding carboxylic acids is 1. The Hall–Kier alpha value is -2.97. The quantitative estimate of drug-likeness (QED) is 0.523. The number of fused-ring (bicyclic) bond motifs is 1. The maximum absolute atomic E-state index is 12.3. The number of H-pyrrole nitrogens is 1. The maximum atomic E-state index is 12.3. The van der Waals surface area contributed by atoms with E-state index in [4.69, 9.17) is 0 Å². The number of benzene rings is 2. The highest BCUT2D eigenvalue weighted by Crippen LogP contribution is 2.20. The van der Waals surface area contributed by atoms with Gasteiger partial charge in [-0.1, -0.05) is 24.3 Å². The maximum Gasteiger partial charge on any atom is 0.271 e. The minimum Gasteiger partial charge on any atom is -0.358 e. The van der Waals surface area contributed by atoms with E-state index in [9.17, 15) is 13.2 Å². The lowest BCUT2D eigenvalue weighted by molar-refractivity contribution is 0.0955. The monoisotopic (exact) mass is 384 g/mol. The zero-order valence-electron chi connectivity index (χ0n) is 15.2. The highest BCUT2D eigenvalue weighted by Gasteiger charge is 2.18. The molecule has 27 heavy (non-hydrogen) atoms. The van der Waals surface area contributed by atoms with E-state index in [1.807, 2.05) is 31.2 Å². The van der Waals surface area contributed by atoms with Gasteiger partial charge in [-0.25, -0.2) is 18.1 Å². The molecule has 0 radical (unpaired) electrons. The number of nitrogens with one attached hydrogen (secondary N) is 2. The van der Waals surface area contributed by atoms with E-state index >= 15 is 0 Å². The number of carbonyl (C=O) groups is 1. The second-order valence-corrected chi connectivity index (χ2v) is 8.38. The summed E-state index contributed by atoms with van der Waals surface area (Å²) >= 11 is 0. The van der Waals surface area contributed by atoms with Crippen molar-refractivity contribution in [2.45, 2.75) is 11.8 Å². The Morgan fingerprint density at radius 1 is 1.15 bits per heavy atom. The Morgan fingerprint density at radius 2 is 1.89 bits per heavy atom. The van der Waals surface area contributed by atoms with E-state index in [1.165, 1.54) is 38.4 Å². The molecule has 0 saturated carbocycles. The fourth-order valence-corrected chi connectivity index (χ4v) is 3.64. The minimum absolute atomic E-state index is 0.0524. The third-order valence-corrected chi connectivity index (χ3v) is 5.99. The molecule has 0 saturated heterocycles. The van der Waals surface area contributed by atoms with Crippen molar-refractivity contribution in [1.29, 1.82) is 0 Å². The third kappa shape index (κ3) is 3.76. The van der Waals surface area contributed by atoms with Crippen LogP contribution in [0, 0.1) is 6.92 Å². The molecule has 3 aromatic rings. The first-order valence-electron chi connectivity index (χ1n) is 8.24. The lowest BCUT2D eigenvalue weighted by Crippen LogP contribution is -2.23. The van der Waals surface area contributed by atoms with E-state index < -0.39 is 15.9 Å². The van der Waals surface area contributed by atoms with E-state index in [0.717, 1.165) is 26.5 Å². The molecule has 1 aromatic heterocycles. The van der Waals surface area contributed by atoms with Gasteiger partial charge in [-0.05, 0) is 31.2 Å². The Morgan fingerprint density at radius 3 is 2.63 bits per heavy atom. The number of aromatic nitrogens is 1. The standard InChI is InChI=1S/C19H20N4O3S/c1-13-17(16-9-4-5-10-18(16)21-13)12-20-22-19(24)14-7-6-8-15(11-14)27(25,26)23(2)3/h4-12,21H,1-3H3,(H,22,24)/b20-12+. The second kappa shape index (κ2) is 7.34. The minimum atomic E-state index is -3.61. The molecule has 0 fully saturated rings. The number of sulfonamides is 1. The molecule has 0 spiro atoms. The van der Waals surface area contributed by atoms with Gasteiger partial charge >= 0.3 is 0 Å². The average Bonchev–Trinajstić information content (AvgIpc) is 2.97. The predicted octanol–water partition coefficient (Wildman–Crippen LogP) is 2.49. The summed E-state index contributed by atoms with van der Waals surface area (Å²) in [5.74, 6) is -0.487. The first-order valence-corrected chi connectivity index (χ1v) is 9.68. The van der Waals surface area contributed by atoms with Gasteiger partial charge < -0.3 is 4.98 Å². The lowest BCUT2D eigenvalue weighted by atomic mass is 10.1.